The first-order valence-electron chi connectivity index (χ1n) is 14.5. The van der Waals surface area contributed by atoms with Crippen LogP contribution in [0.3, 0.4) is 0 Å². The molecule has 0 saturated heterocycles. The molecule has 9 heteroatoms. The van der Waals surface area contributed by atoms with Crippen LogP contribution in [-0.4, -0.2) is 28.7 Å². The van der Waals surface area contributed by atoms with E-state index in [-0.39, 0.29) is 42.1 Å². The Morgan fingerprint density at radius 3 is 2.38 bits per heavy atom. The molecule has 8 nitrogen and oxygen atoms in total. The van der Waals surface area contributed by atoms with Gasteiger partial charge in [0.15, 0.2) is 11.5 Å². The summed E-state index contributed by atoms with van der Waals surface area (Å²) in [5.41, 5.74) is 4.56. The number of para-hydroxylation sites is 1. The van der Waals surface area contributed by atoms with Crippen LogP contribution < -0.4 is 48.9 Å². The third-order valence-corrected chi connectivity index (χ3v) is 7.70. The summed E-state index contributed by atoms with van der Waals surface area (Å²) < 4.78 is 26.0. The van der Waals surface area contributed by atoms with Gasteiger partial charge in [-0.2, -0.15) is 0 Å². The Morgan fingerprint density at radius 1 is 0.911 bits per heavy atom. The zero-order valence-electron chi connectivity index (χ0n) is 26.1. The summed E-state index contributed by atoms with van der Waals surface area (Å²) in [7, 11) is 1.62. The van der Waals surface area contributed by atoms with E-state index in [9.17, 15) is 9.90 Å². The Bertz CT molecular complexity index is 1950. The minimum Gasteiger partial charge on any atom is -0.546 e. The predicted molar refractivity (Wildman–Crippen MR) is 167 cm³/mol. The Morgan fingerprint density at radius 2 is 1.64 bits per heavy atom. The second-order valence-corrected chi connectivity index (χ2v) is 11.0. The van der Waals surface area contributed by atoms with Crippen molar-refractivity contribution < 1.29 is 58.1 Å². The number of aryl methyl sites for hydroxylation is 1. The molecule has 1 atom stereocenters. The third kappa shape index (κ3) is 6.59. The van der Waals surface area contributed by atoms with E-state index in [0.29, 0.717) is 35.4 Å². The topological polar surface area (TPSA) is 98.8 Å². The summed E-state index contributed by atoms with van der Waals surface area (Å²) >= 11 is 0. The Labute approximate surface area is 283 Å². The van der Waals surface area contributed by atoms with Crippen LogP contribution in [0.25, 0.3) is 33.3 Å². The second-order valence-electron chi connectivity index (χ2n) is 11.0. The number of carboxylic acid groups (broad SMARTS) is 1. The van der Waals surface area contributed by atoms with Crippen molar-refractivity contribution in [1.82, 2.24) is 9.55 Å². The molecule has 0 unspecified atom stereocenters. The van der Waals surface area contributed by atoms with E-state index < -0.39 is 12.1 Å². The summed E-state index contributed by atoms with van der Waals surface area (Å²) in [5.74, 6) is 1.49. The number of aromatic nitrogens is 2. The molecule has 224 valence electrons. The van der Waals surface area contributed by atoms with E-state index in [1.807, 2.05) is 91.9 Å². The largest absolute Gasteiger partial charge is 1.00 e. The average Bonchev–Trinajstić information content (AvgIpc) is 3.57. The number of carboxylic acids is 1. The fourth-order valence-electron chi connectivity index (χ4n) is 5.45. The van der Waals surface area contributed by atoms with Crippen LogP contribution in [0.2, 0.25) is 0 Å². The number of carbonyl (C=O) groups is 1. The van der Waals surface area contributed by atoms with Crippen molar-refractivity contribution in [3.8, 4) is 28.7 Å². The molecule has 0 aliphatic heterocycles. The Hall–Kier alpha value is -4.24. The summed E-state index contributed by atoms with van der Waals surface area (Å²) in [6.45, 7) is 6.26. The molecule has 0 spiro atoms. The summed E-state index contributed by atoms with van der Waals surface area (Å²) in [5, 5.41) is 13.6. The van der Waals surface area contributed by atoms with E-state index in [1.54, 1.807) is 21.0 Å². The molecule has 4 aromatic carbocycles. The van der Waals surface area contributed by atoms with Gasteiger partial charge in [0.25, 0.3) is 0 Å². The third-order valence-electron chi connectivity index (χ3n) is 7.70. The normalized spacial score (nSPS) is 11.8. The van der Waals surface area contributed by atoms with Crippen LogP contribution in [0.1, 0.15) is 30.9 Å². The molecule has 0 radical (unpaired) electrons. The molecule has 0 N–H and O–H groups in total. The van der Waals surface area contributed by atoms with Gasteiger partial charge in [0.1, 0.15) is 29.9 Å². The van der Waals surface area contributed by atoms with E-state index in [2.05, 4.69) is 15.6 Å². The second kappa shape index (κ2) is 13.8. The standard InChI is InChI=1S/C36H34N2O6.Na/c1-22(2)34(36(39)40)44-31-16-10-15-29-33(31)26-13-8-9-14-28(26)38(29)20-24-17-18-30(32(19-24)41-4)42-21-27-23(3)43-35(37-27)25-11-6-5-7-12-25;/h5-19,22,34H,20-21H2,1-4H3,(H,39,40);/q;+1/p-1/t34-;/m0./s1. The van der Waals surface area contributed by atoms with E-state index in [0.717, 1.165) is 38.6 Å². The van der Waals surface area contributed by atoms with Crippen molar-refractivity contribution >= 4 is 27.8 Å². The van der Waals surface area contributed by atoms with E-state index >= 15 is 0 Å². The SMILES string of the molecule is COc1cc(Cn2c3ccccc3c3c(O[C@H](C(=O)[O-])C(C)C)cccc32)ccc1OCc1nc(-c2ccccc2)oc1C.[Na+]. The zero-order chi connectivity index (χ0) is 30.8. The van der Waals surface area contributed by atoms with Crippen molar-refractivity contribution in [2.45, 2.75) is 40.0 Å². The summed E-state index contributed by atoms with van der Waals surface area (Å²) in [6, 6.07) is 29.4. The van der Waals surface area contributed by atoms with E-state index in [4.69, 9.17) is 18.6 Å². The average molecular weight is 613 g/mol. The molecule has 0 aliphatic carbocycles. The summed E-state index contributed by atoms with van der Waals surface area (Å²) in [6.07, 6.45) is -1.06. The molecule has 2 heterocycles. The number of benzene rings is 4. The molecule has 0 bridgehead atoms. The molecule has 0 aliphatic rings. The number of nitrogens with zero attached hydrogens (tertiary/aromatic N) is 2. The molecule has 0 saturated carbocycles. The maximum atomic E-state index is 11.8. The zero-order valence-corrected chi connectivity index (χ0v) is 28.1. The van der Waals surface area contributed by atoms with Gasteiger partial charge in [-0.15, -0.1) is 0 Å². The number of ether oxygens (including phenoxy) is 3. The smallest absolute Gasteiger partial charge is 0.546 e. The first-order chi connectivity index (χ1) is 21.3. The van der Waals surface area contributed by atoms with Gasteiger partial charge in [-0.3, -0.25) is 0 Å². The van der Waals surface area contributed by atoms with Crippen LogP contribution in [0.5, 0.6) is 17.2 Å². The first-order valence-corrected chi connectivity index (χ1v) is 14.5. The van der Waals surface area contributed by atoms with Gasteiger partial charge in [0, 0.05) is 28.4 Å². The quantitative estimate of drug-likeness (QED) is 0.207. The molecule has 6 aromatic rings. The van der Waals surface area contributed by atoms with Crippen molar-refractivity contribution in [1.29, 1.82) is 0 Å². The fourth-order valence-corrected chi connectivity index (χ4v) is 5.45. The Kier molecular flexibility index (Phi) is 9.87. The van der Waals surface area contributed by atoms with Gasteiger partial charge in [-0.05, 0) is 60.9 Å². The minimum absolute atomic E-state index is 0. The van der Waals surface area contributed by atoms with Crippen LogP contribution in [0.15, 0.2) is 95.4 Å². The Balaban J connectivity index is 0.00000400. The van der Waals surface area contributed by atoms with Gasteiger partial charge in [0.2, 0.25) is 5.89 Å². The number of rotatable bonds is 11. The van der Waals surface area contributed by atoms with Crippen LogP contribution in [-0.2, 0) is 17.9 Å². The van der Waals surface area contributed by atoms with Crippen molar-refractivity contribution in [3.63, 3.8) is 0 Å². The molecule has 45 heavy (non-hydrogen) atoms. The predicted octanol–water partition coefficient (Wildman–Crippen LogP) is 3.55. The molecular formula is C36H33N2NaO6. The van der Waals surface area contributed by atoms with Crippen LogP contribution in [0, 0.1) is 12.8 Å². The number of carbonyl (C=O) groups excluding carboxylic acids is 1. The van der Waals surface area contributed by atoms with Gasteiger partial charge in [-0.1, -0.05) is 62.4 Å². The maximum absolute atomic E-state index is 11.8. The molecular weight excluding hydrogens is 579 g/mol. The van der Waals surface area contributed by atoms with Gasteiger partial charge >= 0.3 is 29.6 Å². The van der Waals surface area contributed by atoms with Crippen LogP contribution >= 0.6 is 0 Å². The van der Waals surface area contributed by atoms with Gasteiger partial charge in [-0.25, -0.2) is 4.98 Å². The number of fused-ring (bicyclic) bond motifs is 3. The van der Waals surface area contributed by atoms with Crippen molar-refractivity contribution in [2.75, 3.05) is 7.11 Å². The van der Waals surface area contributed by atoms with Gasteiger partial charge in [0.05, 0.1) is 18.6 Å². The van der Waals surface area contributed by atoms with Crippen LogP contribution in [0.4, 0.5) is 0 Å². The van der Waals surface area contributed by atoms with Gasteiger partial charge < -0.3 is 33.1 Å². The monoisotopic (exact) mass is 612 g/mol. The van der Waals surface area contributed by atoms with Crippen molar-refractivity contribution in [2.24, 2.45) is 5.92 Å². The maximum Gasteiger partial charge on any atom is 1.00 e. The molecule has 0 amide bonds. The molecule has 0 fully saturated rings. The number of methoxy groups -OCH3 is 1. The number of aliphatic carboxylic acids is 1. The van der Waals surface area contributed by atoms with Crippen molar-refractivity contribution in [3.05, 3.63) is 108 Å². The number of hydrogen-bond donors (Lipinski definition) is 0. The number of hydrogen-bond acceptors (Lipinski definition) is 7. The van der Waals surface area contributed by atoms with E-state index in [1.165, 1.54) is 0 Å². The fraction of sp³-hybridized carbons (Fsp3) is 0.222. The minimum atomic E-state index is -1.23. The first kappa shape index (κ1) is 32.2. The molecule has 6 rings (SSSR count). The summed E-state index contributed by atoms with van der Waals surface area (Å²) in [4.78, 5) is 16.4. The molecule has 2 aromatic heterocycles. The number of oxazole rings is 1.